The van der Waals surface area contributed by atoms with Gasteiger partial charge in [-0.25, -0.2) is 0 Å². The number of hydrogen-bond donors (Lipinski definition) is 1. The van der Waals surface area contributed by atoms with Gasteiger partial charge in [0.2, 0.25) is 5.91 Å². The molecule has 4 heteroatoms. The molecule has 1 N–H and O–H groups in total. The molecule has 4 aliphatic heterocycles. The predicted molar refractivity (Wildman–Crippen MR) is 83.3 cm³/mol. The summed E-state index contributed by atoms with van der Waals surface area (Å²) in [6.45, 7) is 3.66. The molecule has 0 aromatic heterocycles. The highest BCUT2D eigenvalue weighted by atomic mass is 16.2. The van der Waals surface area contributed by atoms with Gasteiger partial charge in [-0.15, -0.1) is 0 Å². The van der Waals surface area contributed by atoms with Crippen molar-refractivity contribution >= 4 is 11.6 Å². The second-order valence-electron chi connectivity index (χ2n) is 6.68. The molecule has 2 unspecified atom stereocenters. The van der Waals surface area contributed by atoms with Crippen molar-refractivity contribution in [2.24, 2.45) is 5.92 Å². The number of carbonyl (C=O) groups is 1. The Balaban J connectivity index is 1.58. The number of para-hydroxylation sites is 1. The molecule has 1 aromatic carbocycles. The summed E-state index contributed by atoms with van der Waals surface area (Å²) in [7, 11) is 1.88. The van der Waals surface area contributed by atoms with E-state index >= 15 is 0 Å². The Morgan fingerprint density at radius 3 is 2.67 bits per heavy atom. The lowest BCUT2D eigenvalue weighted by atomic mass is 9.83. The van der Waals surface area contributed by atoms with E-state index < -0.39 is 0 Å². The number of carbonyl (C=O) groups excluding carboxylic acids is 1. The Morgan fingerprint density at radius 2 is 1.95 bits per heavy atom. The van der Waals surface area contributed by atoms with Crippen molar-refractivity contribution in [2.75, 3.05) is 31.6 Å². The minimum absolute atomic E-state index is 0.176. The van der Waals surface area contributed by atoms with Gasteiger partial charge >= 0.3 is 0 Å². The van der Waals surface area contributed by atoms with Crippen LogP contribution in [0.25, 0.3) is 0 Å². The van der Waals surface area contributed by atoms with E-state index in [1.807, 2.05) is 13.1 Å². The van der Waals surface area contributed by atoms with E-state index in [1.165, 1.54) is 31.5 Å². The van der Waals surface area contributed by atoms with Crippen molar-refractivity contribution in [3.05, 3.63) is 29.8 Å². The van der Waals surface area contributed by atoms with Gasteiger partial charge in [0.15, 0.2) is 0 Å². The first kappa shape index (κ1) is 13.3. The molecule has 4 heterocycles. The number of fused-ring (bicyclic) bond motifs is 4. The number of hydrogen-bond acceptors (Lipinski definition) is 3. The minimum Gasteiger partial charge on any atom is -0.315 e. The monoisotopic (exact) mass is 285 g/mol. The smallest absolute Gasteiger partial charge is 0.228 e. The summed E-state index contributed by atoms with van der Waals surface area (Å²) < 4.78 is 0. The molecule has 0 saturated carbocycles. The normalized spacial score (nSPS) is 34.9. The third kappa shape index (κ3) is 2.27. The fourth-order valence-corrected chi connectivity index (χ4v) is 4.20. The maximum atomic E-state index is 12.2. The highest BCUT2D eigenvalue weighted by molar-refractivity contribution is 5.96. The summed E-state index contributed by atoms with van der Waals surface area (Å²) in [5.74, 6) is 1.00. The molecule has 112 valence electrons. The highest BCUT2D eigenvalue weighted by Gasteiger charge is 2.37. The first-order valence-electron chi connectivity index (χ1n) is 8.06. The van der Waals surface area contributed by atoms with Crippen LogP contribution in [0.3, 0.4) is 0 Å². The van der Waals surface area contributed by atoms with Gasteiger partial charge in [0.1, 0.15) is 0 Å². The zero-order valence-corrected chi connectivity index (χ0v) is 12.6. The van der Waals surface area contributed by atoms with Crippen molar-refractivity contribution in [1.29, 1.82) is 0 Å². The molecule has 0 aliphatic carbocycles. The topological polar surface area (TPSA) is 35.6 Å². The standard InChI is InChI=1S/C17H23N3O/c1-19-16-5-3-2-4-13(16)14(10-17(19)21)18-15-11-20-8-6-12(15)7-9-20/h2-5,12,14-15,18H,6-11H2,1H3. The van der Waals surface area contributed by atoms with Gasteiger partial charge in [-0.2, -0.15) is 0 Å². The van der Waals surface area contributed by atoms with Crippen LogP contribution in [0.5, 0.6) is 0 Å². The minimum atomic E-state index is 0.176. The van der Waals surface area contributed by atoms with Crippen molar-refractivity contribution in [2.45, 2.75) is 31.3 Å². The van der Waals surface area contributed by atoms with Crippen LogP contribution in [0.4, 0.5) is 5.69 Å². The predicted octanol–water partition coefficient (Wildman–Crippen LogP) is 1.78. The SMILES string of the molecule is CN1C(=O)CC(NC2CN3CCC2CC3)c2ccccc21. The van der Waals surface area contributed by atoms with Crippen LogP contribution in [-0.2, 0) is 4.79 Å². The Kier molecular flexibility index (Phi) is 3.23. The maximum Gasteiger partial charge on any atom is 0.228 e. The molecule has 3 saturated heterocycles. The molecule has 5 rings (SSSR count). The van der Waals surface area contributed by atoms with Crippen molar-refractivity contribution < 1.29 is 4.79 Å². The van der Waals surface area contributed by atoms with Crippen molar-refractivity contribution in [3.8, 4) is 0 Å². The molecule has 0 spiro atoms. The van der Waals surface area contributed by atoms with Crippen LogP contribution in [0.2, 0.25) is 0 Å². The lowest BCUT2D eigenvalue weighted by molar-refractivity contribution is -0.119. The number of benzene rings is 1. The number of anilines is 1. The van der Waals surface area contributed by atoms with E-state index in [0.717, 1.165) is 18.2 Å². The van der Waals surface area contributed by atoms with Gasteiger partial charge in [0.25, 0.3) is 0 Å². The molecule has 21 heavy (non-hydrogen) atoms. The first-order chi connectivity index (χ1) is 10.2. The van der Waals surface area contributed by atoms with Gasteiger partial charge in [0.05, 0.1) is 0 Å². The zero-order chi connectivity index (χ0) is 14.4. The average Bonchev–Trinajstić information content (AvgIpc) is 2.54. The Hall–Kier alpha value is -1.39. The third-order valence-corrected chi connectivity index (χ3v) is 5.50. The molecule has 1 amide bonds. The van der Waals surface area contributed by atoms with Crippen LogP contribution in [0, 0.1) is 5.92 Å². The van der Waals surface area contributed by atoms with E-state index in [-0.39, 0.29) is 11.9 Å². The van der Waals surface area contributed by atoms with Crippen LogP contribution in [-0.4, -0.2) is 43.5 Å². The lowest BCUT2D eigenvalue weighted by Crippen LogP contribution is -2.57. The van der Waals surface area contributed by atoms with Crippen LogP contribution in [0.15, 0.2) is 24.3 Å². The average molecular weight is 285 g/mol. The summed E-state index contributed by atoms with van der Waals surface area (Å²) in [5.41, 5.74) is 2.34. The Labute approximate surface area is 126 Å². The first-order valence-corrected chi connectivity index (χ1v) is 8.06. The fraction of sp³-hybridized carbons (Fsp3) is 0.588. The van der Waals surface area contributed by atoms with Gasteiger partial charge in [-0.05, 0) is 43.5 Å². The second kappa shape index (κ2) is 5.11. The number of piperidine rings is 3. The maximum absolute atomic E-state index is 12.2. The molecule has 2 bridgehead atoms. The van der Waals surface area contributed by atoms with Crippen molar-refractivity contribution in [3.63, 3.8) is 0 Å². The Morgan fingerprint density at radius 1 is 1.19 bits per heavy atom. The van der Waals surface area contributed by atoms with Crippen LogP contribution >= 0.6 is 0 Å². The summed E-state index contributed by atoms with van der Waals surface area (Å²) in [6, 6.07) is 9.03. The van der Waals surface area contributed by atoms with E-state index in [4.69, 9.17) is 0 Å². The van der Waals surface area contributed by atoms with E-state index in [9.17, 15) is 4.79 Å². The summed E-state index contributed by atoms with van der Waals surface area (Å²) >= 11 is 0. The molecule has 1 aromatic rings. The number of nitrogens with one attached hydrogen (secondary N) is 1. The van der Waals surface area contributed by atoms with Crippen LogP contribution < -0.4 is 10.2 Å². The summed E-state index contributed by atoms with van der Waals surface area (Å²) in [6.07, 6.45) is 3.19. The Bertz CT molecular complexity index is 551. The molecule has 4 aliphatic rings. The summed E-state index contributed by atoms with van der Waals surface area (Å²) in [5, 5.41) is 3.81. The molecular weight excluding hydrogens is 262 g/mol. The van der Waals surface area contributed by atoms with E-state index in [1.54, 1.807) is 4.90 Å². The van der Waals surface area contributed by atoms with E-state index in [0.29, 0.717) is 12.5 Å². The van der Waals surface area contributed by atoms with Gasteiger partial charge < -0.3 is 15.1 Å². The quantitative estimate of drug-likeness (QED) is 0.899. The zero-order valence-electron chi connectivity index (χ0n) is 12.6. The highest BCUT2D eigenvalue weighted by Crippen LogP contribution is 2.36. The largest absolute Gasteiger partial charge is 0.315 e. The molecule has 2 atom stereocenters. The number of amides is 1. The molecule has 0 radical (unpaired) electrons. The third-order valence-electron chi connectivity index (χ3n) is 5.50. The number of rotatable bonds is 2. The van der Waals surface area contributed by atoms with Crippen molar-refractivity contribution in [1.82, 2.24) is 10.2 Å². The number of nitrogens with zero attached hydrogens (tertiary/aromatic N) is 2. The van der Waals surface area contributed by atoms with E-state index in [2.05, 4.69) is 28.4 Å². The lowest BCUT2D eigenvalue weighted by Gasteiger charge is -2.47. The molecule has 4 nitrogen and oxygen atoms in total. The van der Waals surface area contributed by atoms with Gasteiger partial charge in [-0.1, -0.05) is 18.2 Å². The molecule has 3 fully saturated rings. The summed E-state index contributed by atoms with van der Waals surface area (Å²) in [4.78, 5) is 16.6. The fourth-order valence-electron chi connectivity index (χ4n) is 4.20. The van der Waals surface area contributed by atoms with Gasteiger partial charge in [0, 0.05) is 37.8 Å². The molecular formula is C17H23N3O. The van der Waals surface area contributed by atoms with Gasteiger partial charge in [-0.3, -0.25) is 4.79 Å². The second-order valence-corrected chi connectivity index (χ2v) is 6.68. The van der Waals surface area contributed by atoms with Crippen LogP contribution in [0.1, 0.15) is 30.9 Å².